The first-order valence-electron chi connectivity index (χ1n) is 4.01. The summed E-state index contributed by atoms with van der Waals surface area (Å²) in [6.45, 7) is 2.02. The summed E-state index contributed by atoms with van der Waals surface area (Å²) >= 11 is 6.78. The summed E-state index contributed by atoms with van der Waals surface area (Å²) in [4.78, 5) is 4.26. The van der Waals surface area contributed by atoms with Crippen molar-refractivity contribution in [2.45, 2.75) is 6.92 Å². The van der Waals surface area contributed by atoms with Gasteiger partial charge in [0.1, 0.15) is 4.60 Å². The average molecular weight is 317 g/mol. The smallest absolute Gasteiger partial charge is 0.167 e. The zero-order chi connectivity index (χ0) is 10.1. The fourth-order valence-electron chi connectivity index (χ4n) is 1.11. The van der Waals surface area contributed by atoms with Gasteiger partial charge in [0, 0.05) is 12.4 Å². The molecule has 0 radical (unpaired) electrons. The predicted molar refractivity (Wildman–Crippen MR) is 61.5 cm³/mol. The van der Waals surface area contributed by atoms with Crippen LogP contribution in [0.25, 0.3) is 5.82 Å². The molecule has 0 aliphatic carbocycles. The van der Waals surface area contributed by atoms with E-state index in [-0.39, 0.29) is 0 Å². The Bertz CT molecular complexity index is 465. The van der Waals surface area contributed by atoms with Crippen LogP contribution in [0.1, 0.15) is 5.56 Å². The van der Waals surface area contributed by atoms with Crippen molar-refractivity contribution in [3.63, 3.8) is 0 Å². The largest absolute Gasteiger partial charge is 0.236 e. The molecule has 0 spiro atoms. The van der Waals surface area contributed by atoms with E-state index in [1.807, 2.05) is 25.3 Å². The number of aryl methyl sites for hydroxylation is 1. The fourth-order valence-corrected chi connectivity index (χ4v) is 1.81. The molecule has 0 aliphatic rings. The molecule has 14 heavy (non-hydrogen) atoms. The number of rotatable bonds is 1. The Balaban J connectivity index is 2.57. The van der Waals surface area contributed by atoms with Crippen molar-refractivity contribution in [2.75, 3.05) is 0 Å². The summed E-state index contributed by atoms with van der Waals surface area (Å²) in [7, 11) is 0. The third kappa shape index (κ3) is 1.74. The minimum Gasteiger partial charge on any atom is -0.236 e. The Kier molecular flexibility index (Phi) is 2.69. The third-order valence-electron chi connectivity index (χ3n) is 1.84. The normalized spacial score (nSPS) is 10.5. The van der Waals surface area contributed by atoms with E-state index < -0.39 is 0 Å². The maximum absolute atomic E-state index is 4.26. The summed E-state index contributed by atoms with van der Waals surface area (Å²) in [6.07, 6.45) is 3.63. The highest BCUT2D eigenvalue weighted by atomic mass is 79.9. The van der Waals surface area contributed by atoms with Gasteiger partial charge in [-0.25, -0.2) is 9.67 Å². The van der Waals surface area contributed by atoms with Gasteiger partial charge in [0.05, 0.1) is 4.47 Å². The minimum atomic E-state index is 0.799. The van der Waals surface area contributed by atoms with Gasteiger partial charge in [0.15, 0.2) is 5.82 Å². The van der Waals surface area contributed by atoms with E-state index in [0.29, 0.717) is 0 Å². The van der Waals surface area contributed by atoms with Gasteiger partial charge in [-0.3, -0.25) is 0 Å². The van der Waals surface area contributed by atoms with Gasteiger partial charge in [-0.1, -0.05) is 0 Å². The van der Waals surface area contributed by atoms with Crippen LogP contribution in [0.15, 0.2) is 33.6 Å². The van der Waals surface area contributed by atoms with Gasteiger partial charge in [0.2, 0.25) is 0 Å². The fraction of sp³-hybridized carbons (Fsp3) is 0.111. The first-order chi connectivity index (χ1) is 6.68. The second-order valence-corrected chi connectivity index (χ2v) is 4.45. The topological polar surface area (TPSA) is 30.7 Å². The van der Waals surface area contributed by atoms with Crippen molar-refractivity contribution in [1.29, 1.82) is 0 Å². The molecule has 2 aromatic rings. The molecular formula is C9H7Br2N3. The number of halogens is 2. The van der Waals surface area contributed by atoms with Crippen LogP contribution in [-0.2, 0) is 0 Å². The molecule has 0 fully saturated rings. The Morgan fingerprint density at radius 3 is 2.71 bits per heavy atom. The molecule has 72 valence electrons. The lowest BCUT2D eigenvalue weighted by atomic mass is 10.3. The maximum Gasteiger partial charge on any atom is 0.167 e. The van der Waals surface area contributed by atoms with E-state index >= 15 is 0 Å². The van der Waals surface area contributed by atoms with E-state index in [4.69, 9.17) is 0 Å². The quantitative estimate of drug-likeness (QED) is 0.809. The number of aromatic nitrogens is 3. The lowest BCUT2D eigenvalue weighted by Crippen LogP contribution is -1.99. The van der Waals surface area contributed by atoms with Crippen LogP contribution in [0.5, 0.6) is 0 Å². The van der Waals surface area contributed by atoms with Crippen LogP contribution >= 0.6 is 31.9 Å². The van der Waals surface area contributed by atoms with Gasteiger partial charge in [-0.05, 0) is 56.5 Å². The molecule has 0 aromatic carbocycles. The van der Waals surface area contributed by atoms with Gasteiger partial charge >= 0.3 is 0 Å². The van der Waals surface area contributed by atoms with Crippen molar-refractivity contribution >= 4 is 31.9 Å². The summed E-state index contributed by atoms with van der Waals surface area (Å²) in [6, 6.07) is 3.82. The summed E-state index contributed by atoms with van der Waals surface area (Å²) in [5.41, 5.74) is 1.14. The highest BCUT2D eigenvalue weighted by molar-refractivity contribution is 9.10. The SMILES string of the molecule is Cc1ccnc(-n2ccc(Br)n2)c1Br. The lowest BCUT2D eigenvalue weighted by Gasteiger charge is -2.04. The van der Waals surface area contributed by atoms with Crippen molar-refractivity contribution in [2.24, 2.45) is 0 Å². The number of hydrogen-bond donors (Lipinski definition) is 0. The van der Waals surface area contributed by atoms with Crippen LogP contribution in [0.3, 0.4) is 0 Å². The number of hydrogen-bond acceptors (Lipinski definition) is 2. The van der Waals surface area contributed by atoms with Crippen molar-refractivity contribution in [1.82, 2.24) is 14.8 Å². The van der Waals surface area contributed by atoms with Gasteiger partial charge in [-0.15, -0.1) is 0 Å². The maximum atomic E-state index is 4.26. The Morgan fingerprint density at radius 1 is 1.29 bits per heavy atom. The summed E-state index contributed by atoms with van der Waals surface area (Å²) in [5.74, 6) is 0.802. The second-order valence-electron chi connectivity index (χ2n) is 2.85. The zero-order valence-corrected chi connectivity index (χ0v) is 10.6. The third-order valence-corrected chi connectivity index (χ3v) is 3.24. The van der Waals surface area contributed by atoms with Gasteiger partial charge in [-0.2, -0.15) is 5.10 Å². The second kappa shape index (κ2) is 3.82. The summed E-state index contributed by atoms with van der Waals surface area (Å²) < 4.78 is 3.49. The van der Waals surface area contributed by atoms with Crippen molar-refractivity contribution < 1.29 is 0 Å². The van der Waals surface area contributed by atoms with Crippen LogP contribution in [0.4, 0.5) is 0 Å². The van der Waals surface area contributed by atoms with E-state index in [1.165, 1.54) is 0 Å². The molecule has 0 amide bonds. The Morgan fingerprint density at radius 2 is 2.07 bits per heavy atom. The first-order valence-corrected chi connectivity index (χ1v) is 5.60. The predicted octanol–water partition coefficient (Wildman–Crippen LogP) is 3.10. The molecule has 0 saturated heterocycles. The summed E-state index contributed by atoms with van der Waals surface area (Å²) in [5, 5.41) is 4.22. The monoisotopic (exact) mass is 315 g/mol. The van der Waals surface area contributed by atoms with Crippen molar-refractivity contribution in [3.05, 3.63) is 39.2 Å². The molecule has 0 atom stereocenters. The zero-order valence-electron chi connectivity index (χ0n) is 7.41. The Hall–Kier alpha value is -0.680. The molecule has 0 N–H and O–H groups in total. The molecule has 2 rings (SSSR count). The number of pyridine rings is 1. The average Bonchev–Trinajstić information content (AvgIpc) is 2.57. The molecule has 2 aromatic heterocycles. The minimum absolute atomic E-state index is 0.799. The molecule has 3 nitrogen and oxygen atoms in total. The van der Waals surface area contributed by atoms with Gasteiger partial charge in [0.25, 0.3) is 0 Å². The van der Waals surface area contributed by atoms with Crippen molar-refractivity contribution in [3.8, 4) is 5.82 Å². The molecule has 5 heteroatoms. The first kappa shape index (κ1) is 9.86. The van der Waals surface area contributed by atoms with Crippen LogP contribution < -0.4 is 0 Å². The highest BCUT2D eigenvalue weighted by Crippen LogP contribution is 2.22. The highest BCUT2D eigenvalue weighted by Gasteiger charge is 2.06. The molecule has 0 aliphatic heterocycles. The lowest BCUT2D eigenvalue weighted by molar-refractivity contribution is 0.831. The van der Waals surface area contributed by atoms with Crippen LogP contribution in [-0.4, -0.2) is 14.8 Å². The van der Waals surface area contributed by atoms with E-state index in [0.717, 1.165) is 20.5 Å². The molecular weight excluding hydrogens is 310 g/mol. The van der Waals surface area contributed by atoms with E-state index in [2.05, 4.69) is 41.9 Å². The molecule has 0 unspecified atom stereocenters. The Labute approximate surface area is 98.4 Å². The van der Waals surface area contributed by atoms with Crippen LogP contribution in [0, 0.1) is 6.92 Å². The van der Waals surface area contributed by atoms with Gasteiger partial charge < -0.3 is 0 Å². The molecule has 2 heterocycles. The number of nitrogens with zero attached hydrogens (tertiary/aromatic N) is 3. The van der Waals surface area contributed by atoms with E-state index in [1.54, 1.807) is 10.9 Å². The molecule has 0 saturated carbocycles. The van der Waals surface area contributed by atoms with E-state index in [9.17, 15) is 0 Å². The molecule has 0 bridgehead atoms. The van der Waals surface area contributed by atoms with Crippen LogP contribution in [0.2, 0.25) is 0 Å². The standard InChI is InChI=1S/C9H7Br2N3/c1-6-2-4-12-9(8(6)11)14-5-3-7(10)13-14/h2-5H,1H3.